The van der Waals surface area contributed by atoms with Gasteiger partial charge in [0.2, 0.25) is 5.91 Å². The van der Waals surface area contributed by atoms with Crippen molar-refractivity contribution in [2.24, 2.45) is 5.92 Å². The lowest BCUT2D eigenvalue weighted by Gasteiger charge is -2.25. The Labute approximate surface area is 124 Å². The molecular formula is C15H20ClNO3. The highest BCUT2D eigenvalue weighted by molar-refractivity contribution is 6.30. The highest BCUT2D eigenvalue weighted by Crippen LogP contribution is 2.24. The Morgan fingerprint density at radius 3 is 2.35 bits per heavy atom. The fraction of sp³-hybridized carbons (Fsp3) is 0.467. The molecule has 0 bridgehead atoms. The number of halogens is 1. The highest BCUT2D eigenvalue weighted by atomic mass is 35.5. The van der Waals surface area contributed by atoms with Gasteiger partial charge in [0.1, 0.15) is 0 Å². The Morgan fingerprint density at radius 1 is 1.30 bits per heavy atom. The number of nitrogens with one attached hydrogen (secondary N) is 1. The zero-order chi connectivity index (χ0) is 15.3. The monoisotopic (exact) mass is 297 g/mol. The van der Waals surface area contributed by atoms with Gasteiger partial charge in [0.05, 0.1) is 5.41 Å². The lowest BCUT2D eigenvalue weighted by Crippen LogP contribution is -2.42. The number of benzene rings is 1. The van der Waals surface area contributed by atoms with Crippen molar-refractivity contribution in [2.45, 2.75) is 32.6 Å². The Kier molecular flexibility index (Phi) is 5.57. The molecule has 1 unspecified atom stereocenters. The Hall–Kier alpha value is -1.55. The van der Waals surface area contributed by atoms with Gasteiger partial charge in [-0.15, -0.1) is 0 Å². The molecule has 0 aliphatic carbocycles. The van der Waals surface area contributed by atoms with Crippen LogP contribution in [0.25, 0.3) is 0 Å². The zero-order valence-corrected chi connectivity index (χ0v) is 12.7. The van der Waals surface area contributed by atoms with Gasteiger partial charge in [-0.1, -0.05) is 30.7 Å². The lowest BCUT2D eigenvalue weighted by atomic mass is 9.83. The molecule has 0 saturated carbocycles. The van der Waals surface area contributed by atoms with Crippen LogP contribution in [0.4, 0.5) is 0 Å². The first-order valence-corrected chi connectivity index (χ1v) is 6.87. The van der Waals surface area contributed by atoms with E-state index in [1.807, 2.05) is 26.0 Å². The van der Waals surface area contributed by atoms with E-state index in [-0.39, 0.29) is 18.2 Å². The molecule has 5 heteroatoms. The van der Waals surface area contributed by atoms with E-state index in [0.29, 0.717) is 11.6 Å². The molecule has 0 heterocycles. The third-order valence-electron chi connectivity index (χ3n) is 3.27. The first-order valence-electron chi connectivity index (χ1n) is 6.49. The van der Waals surface area contributed by atoms with E-state index in [9.17, 15) is 9.59 Å². The third kappa shape index (κ3) is 4.53. The van der Waals surface area contributed by atoms with E-state index < -0.39 is 11.4 Å². The molecule has 2 N–H and O–H groups in total. The van der Waals surface area contributed by atoms with Gasteiger partial charge in [0, 0.05) is 18.0 Å². The first kappa shape index (κ1) is 16.5. The summed E-state index contributed by atoms with van der Waals surface area (Å²) in [6, 6.07) is 7.14. The maximum Gasteiger partial charge on any atom is 0.303 e. The standard InChI is InChI=1S/C15H20ClNO3/c1-10(8-13(18)19)9-17-14(20)15(2,3)11-4-6-12(16)7-5-11/h4-7,10H,8-9H2,1-3H3,(H,17,20)(H,18,19). The van der Waals surface area contributed by atoms with Crippen LogP contribution in [-0.2, 0) is 15.0 Å². The Balaban J connectivity index is 2.65. The SMILES string of the molecule is CC(CNC(=O)C(C)(C)c1ccc(Cl)cc1)CC(=O)O. The second-order valence-electron chi connectivity index (χ2n) is 5.54. The Morgan fingerprint density at radius 2 is 1.85 bits per heavy atom. The van der Waals surface area contributed by atoms with Gasteiger partial charge in [-0.25, -0.2) is 0 Å². The van der Waals surface area contributed by atoms with Gasteiger partial charge in [0.15, 0.2) is 0 Å². The molecule has 1 aromatic carbocycles. The molecule has 110 valence electrons. The summed E-state index contributed by atoms with van der Waals surface area (Å²) in [6.07, 6.45) is 0.0433. The average Bonchev–Trinajstić information content (AvgIpc) is 2.35. The van der Waals surface area contributed by atoms with E-state index >= 15 is 0 Å². The second-order valence-corrected chi connectivity index (χ2v) is 5.98. The van der Waals surface area contributed by atoms with Gasteiger partial charge in [-0.3, -0.25) is 9.59 Å². The van der Waals surface area contributed by atoms with Crippen molar-refractivity contribution in [3.63, 3.8) is 0 Å². The highest BCUT2D eigenvalue weighted by Gasteiger charge is 2.29. The summed E-state index contributed by atoms with van der Waals surface area (Å²) < 4.78 is 0. The minimum Gasteiger partial charge on any atom is -0.481 e. The topological polar surface area (TPSA) is 66.4 Å². The molecule has 0 spiro atoms. The van der Waals surface area contributed by atoms with E-state index in [0.717, 1.165) is 5.56 Å². The summed E-state index contributed by atoms with van der Waals surface area (Å²) in [6.45, 7) is 5.80. The predicted molar refractivity (Wildman–Crippen MR) is 78.9 cm³/mol. The largest absolute Gasteiger partial charge is 0.481 e. The van der Waals surface area contributed by atoms with E-state index in [1.54, 1.807) is 19.1 Å². The molecule has 20 heavy (non-hydrogen) atoms. The predicted octanol–water partition coefficient (Wildman–Crippen LogP) is 2.84. The van der Waals surface area contributed by atoms with E-state index in [1.165, 1.54) is 0 Å². The van der Waals surface area contributed by atoms with E-state index in [4.69, 9.17) is 16.7 Å². The van der Waals surface area contributed by atoms with Crippen LogP contribution in [0, 0.1) is 5.92 Å². The summed E-state index contributed by atoms with van der Waals surface area (Å²) in [5.74, 6) is -1.08. The molecule has 0 aliphatic rings. The minimum absolute atomic E-state index is 0.0433. The molecule has 0 fully saturated rings. The van der Waals surface area contributed by atoms with Crippen molar-refractivity contribution in [3.05, 3.63) is 34.9 Å². The summed E-state index contributed by atoms with van der Waals surface area (Å²) >= 11 is 5.84. The number of rotatable bonds is 6. The fourth-order valence-electron chi connectivity index (χ4n) is 1.86. The molecule has 4 nitrogen and oxygen atoms in total. The van der Waals surface area contributed by atoms with Gasteiger partial charge >= 0.3 is 5.97 Å². The van der Waals surface area contributed by atoms with Gasteiger partial charge in [0.25, 0.3) is 0 Å². The van der Waals surface area contributed by atoms with Crippen LogP contribution < -0.4 is 5.32 Å². The molecule has 1 aromatic rings. The molecule has 1 amide bonds. The second kappa shape index (κ2) is 6.75. The summed E-state index contributed by atoms with van der Waals surface area (Å²) in [5.41, 5.74) is 0.179. The van der Waals surface area contributed by atoms with Crippen LogP contribution in [0.15, 0.2) is 24.3 Å². The van der Waals surface area contributed by atoms with Crippen molar-refractivity contribution in [2.75, 3.05) is 6.54 Å². The lowest BCUT2D eigenvalue weighted by molar-refractivity contribution is -0.138. The fourth-order valence-corrected chi connectivity index (χ4v) is 1.98. The summed E-state index contributed by atoms with van der Waals surface area (Å²) in [4.78, 5) is 22.8. The molecule has 1 atom stereocenters. The van der Waals surface area contributed by atoms with Crippen LogP contribution in [0.5, 0.6) is 0 Å². The number of hydrogen-bond donors (Lipinski definition) is 2. The quantitative estimate of drug-likeness (QED) is 0.848. The number of aliphatic carboxylic acids is 1. The van der Waals surface area contributed by atoms with E-state index in [2.05, 4.69) is 5.32 Å². The third-order valence-corrected chi connectivity index (χ3v) is 3.52. The maximum absolute atomic E-state index is 12.2. The van der Waals surface area contributed by atoms with Crippen molar-refractivity contribution >= 4 is 23.5 Å². The van der Waals surface area contributed by atoms with Crippen LogP contribution in [-0.4, -0.2) is 23.5 Å². The zero-order valence-electron chi connectivity index (χ0n) is 11.9. The van der Waals surface area contributed by atoms with Gasteiger partial charge in [-0.05, 0) is 37.5 Å². The Bertz CT molecular complexity index is 482. The number of carbonyl (C=O) groups is 2. The minimum atomic E-state index is -0.858. The maximum atomic E-state index is 12.2. The van der Waals surface area contributed by atoms with Crippen LogP contribution in [0.3, 0.4) is 0 Å². The van der Waals surface area contributed by atoms with Crippen LogP contribution in [0.1, 0.15) is 32.8 Å². The number of amides is 1. The van der Waals surface area contributed by atoms with Crippen molar-refractivity contribution < 1.29 is 14.7 Å². The van der Waals surface area contributed by atoms with Gasteiger partial charge < -0.3 is 10.4 Å². The normalized spacial score (nSPS) is 12.8. The van der Waals surface area contributed by atoms with Gasteiger partial charge in [-0.2, -0.15) is 0 Å². The molecule has 0 saturated heterocycles. The van der Waals surface area contributed by atoms with Crippen LogP contribution in [0.2, 0.25) is 5.02 Å². The summed E-state index contributed by atoms with van der Waals surface area (Å²) in [5, 5.41) is 12.1. The molecule has 0 aromatic heterocycles. The first-order chi connectivity index (χ1) is 9.23. The number of carboxylic acids is 1. The average molecular weight is 298 g/mol. The van der Waals surface area contributed by atoms with Crippen molar-refractivity contribution in [1.29, 1.82) is 0 Å². The van der Waals surface area contributed by atoms with Crippen molar-refractivity contribution in [1.82, 2.24) is 5.32 Å². The smallest absolute Gasteiger partial charge is 0.303 e. The molecule has 0 radical (unpaired) electrons. The number of carbonyl (C=O) groups excluding carboxylic acids is 1. The molecule has 1 rings (SSSR count). The van der Waals surface area contributed by atoms with Crippen molar-refractivity contribution in [3.8, 4) is 0 Å². The number of hydrogen-bond acceptors (Lipinski definition) is 2. The summed E-state index contributed by atoms with van der Waals surface area (Å²) in [7, 11) is 0. The molecular weight excluding hydrogens is 278 g/mol. The molecule has 0 aliphatic heterocycles. The number of carboxylic acid groups (broad SMARTS) is 1. The van der Waals surface area contributed by atoms with Crippen LogP contribution >= 0.6 is 11.6 Å².